The van der Waals surface area contributed by atoms with Gasteiger partial charge < -0.3 is 5.11 Å². The van der Waals surface area contributed by atoms with Crippen LogP contribution in [0.2, 0.25) is 0 Å². The van der Waals surface area contributed by atoms with Crippen molar-refractivity contribution in [1.29, 1.82) is 5.26 Å². The molecule has 3 aromatic rings. The Morgan fingerprint density at radius 3 is 2.59 bits per heavy atom. The van der Waals surface area contributed by atoms with E-state index in [4.69, 9.17) is 5.26 Å². The van der Waals surface area contributed by atoms with Gasteiger partial charge in [0, 0.05) is 23.5 Å². The van der Waals surface area contributed by atoms with Gasteiger partial charge in [0.15, 0.2) is 0 Å². The highest BCUT2D eigenvalue weighted by Crippen LogP contribution is 2.23. The maximum atomic E-state index is 12.1. The first kappa shape index (κ1) is 18.9. The smallest absolute Gasteiger partial charge is 0.258 e. The topological polar surface area (TPSA) is 92.5 Å². The van der Waals surface area contributed by atoms with Crippen LogP contribution in [0.4, 0.5) is 5.69 Å². The summed E-state index contributed by atoms with van der Waals surface area (Å²) in [6.07, 6.45) is 5.39. The number of benzene rings is 2. The molecule has 29 heavy (non-hydrogen) atoms. The number of nitriles is 1. The number of aromatic nitrogens is 1. The Kier molecular flexibility index (Phi) is 5.41. The highest BCUT2D eigenvalue weighted by molar-refractivity contribution is 6.02. The van der Waals surface area contributed by atoms with Gasteiger partial charge >= 0.3 is 0 Å². The second-order valence-corrected chi connectivity index (χ2v) is 7.35. The molecule has 0 aliphatic carbocycles. The van der Waals surface area contributed by atoms with Gasteiger partial charge in [-0.15, -0.1) is 0 Å². The van der Waals surface area contributed by atoms with E-state index in [1.165, 1.54) is 31.0 Å². The van der Waals surface area contributed by atoms with Gasteiger partial charge in [-0.25, -0.2) is 0 Å². The summed E-state index contributed by atoms with van der Waals surface area (Å²) < 4.78 is 0. The fourth-order valence-electron chi connectivity index (χ4n) is 3.74. The molecule has 0 amide bonds. The van der Waals surface area contributed by atoms with Crippen molar-refractivity contribution in [3.63, 3.8) is 0 Å². The molecule has 0 saturated carbocycles. The maximum Gasteiger partial charge on any atom is 0.258 e. The number of aromatic amines is 1. The summed E-state index contributed by atoms with van der Waals surface area (Å²) in [5, 5.41) is 20.3. The molecule has 0 radical (unpaired) electrons. The molecule has 2 aromatic carbocycles. The third kappa shape index (κ3) is 4.20. The minimum atomic E-state index is -0.402. The Labute approximate surface area is 168 Å². The van der Waals surface area contributed by atoms with Gasteiger partial charge in [0.05, 0.1) is 22.9 Å². The van der Waals surface area contributed by atoms with Crippen molar-refractivity contribution in [2.24, 2.45) is 4.99 Å². The van der Waals surface area contributed by atoms with Gasteiger partial charge in [0.25, 0.3) is 5.56 Å². The minimum Gasteiger partial charge on any atom is -0.494 e. The van der Waals surface area contributed by atoms with Crippen LogP contribution in [0.1, 0.15) is 36.0 Å². The van der Waals surface area contributed by atoms with Crippen molar-refractivity contribution in [3.05, 3.63) is 69.5 Å². The number of hydrogen-bond donors (Lipinski definition) is 2. The number of aromatic hydroxyl groups is 1. The molecule has 1 aliphatic rings. The number of rotatable bonds is 4. The van der Waals surface area contributed by atoms with Crippen LogP contribution in [0, 0.1) is 11.3 Å². The number of piperidine rings is 1. The molecule has 0 atom stereocenters. The van der Waals surface area contributed by atoms with E-state index in [1.54, 1.807) is 18.2 Å². The molecule has 0 bridgehead atoms. The van der Waals surface area contributed by atoms with Crippen LogP contribution in [-0.2, 0) is 6.54 Å². The number of fused-ring (bicyclic) bond motifs is 1. The second-order valence-electron chi connectivity index (χ2n) is 7.35. The number of pyridine rings is 1. The first-order chi connectivity index (χ1) is 14.1. The van der Waals surface area contributed by atoms with E-state index in [9.17, 15) is 9.90 Å². The summed E-state index contributed by atoms with van der Waals surface area (Å²) >= 11 is 0. The molecule has 1 aliphatic heterocycles. The van der Waals surface area contributed by atoms with E-state index in [1.807, 2.05) is 12.1 Å². The van der Waals surface area contributed by atoms with Gasteiger partial charge in [-0.2, -0.15) is 5.26 Å². The lowest BCUT2D eigenvalue weighted by Gasteiger charge is -2.26. The molecule has 0 unspecified atom stereocenters. The summed E-state index contributed by atoms with van der Waals surface area (Å²) in [5.41, 5.74) is 2.40. The van der Waals surface area contributed by atoms with Crippen molar-refractivity contribution in [3.8, 4) is 11.9 Å². The predicted molar refractivity (Wildman–Crippen MR) is 114 cm³/mol. The van der Waals surface area contributed by atoms with Gasteiger partial charge in [-0.05, 0) is 61.8 Å². The van der Waals surface area contributed by atoms with Crippen LogP contribution in [0.3, 0.4) is 0 Å². The zero-order valence-electron chi connectivity index (χ0n) is 16.1. The molecule has 1 fully saturated rings. The van der Waals surface area contributed by atoms with Crippen LogP contribution in [-0.4, -0.2) is 34.3 Å². The summed E-state index contributed by atoms with van der Waals surface area (Å²) in [6, 6.07) is 14.8. The SMILES string of the molecule is N#Cc1ccc2c(=O)[nH]c(O)c(C=Nc3ccc(CN4CCCCC4)cc3)c2c1. The fraction of sp³-hybridized carbons (Fsp3) is 0.261. The van der Waals surface area contributed by atoms with Gasteiger partial charge in [-0.3, -0.25) is 19.7 Å². The first-order valence-corrected chi connectivity index (χ1v) is 9.78. The number of H-pyrrole nitrogens is 1. The zero-order valence-corrected chi connectivity index (χ0v) is 16.1. The lowest BCUT2D eigenvalue weighted by Crippen LogP contribution is -2.28. The quantitative estimate of drug-likeness (QED) is 0.666. The average molecular weight is 386 g/mol. The van der Waals surface area contributed by atoms with Gasteiger partial charge in [0.1, 0.15) is 0 Å². The number of likely N-dealkylation sites (tertiary alicyclic amines) is 1. The van der Waals surface area contributed by atoms with Crippen molar-refractivity contribution in [1.82, 2.24) is 9.88 Å². The summed E-state index contributed by atoms with van der Waals surface area (Å²) in [5.74, 6) is -0.261. The molecule has 1 saturated heterocycles. The Morgan fingerprint density at radius 1 is 1.10 bits per heavy atom. The van der Waals surface area contributed by atoms with E-state index in [0.717, 1.165) is 25.3 Å². The highest BCUT2D eigenvalue weighted by atomic mass is 16.3. The molecule has 1 aromatic heterocycles. The fourth-order valence-corrected chi connectivity index (χ4v) is 3.74. The molecule has 2 N–H and O–H groups in total. The zero-order chi connectivity index (χ0) is 20.2. The minimum absolute atomic E-state index is 0.261. The Bertz CT molecular complexity index is 1150. The molecule has 6 nitrogen and oxygen atoms in total. The summed E-state index contributed by atoms with van der Waals surface area (Å²) in [7, 11) is 0. The number of hydrogen-bond acceptors (Lipinski definition) is 5. The van der Waals surface area contributed by atoms with Crippen LogP contribution >= 0.6 is 0 Å². The third-order valence-corrected chi connectivity index (χ3v) is 5.30. The van der Waals surface area contributed by atoms with Crippen LogP contribution in [0.5, 0.6) is 5.88 Å². The Hall–Kier alpha value is -3.43. The van der Waals surface area contributed by atoms with Crippen LogP contribution in [0.25, 0.3) is 10.8 Å². The van der Waals surface area contributed by atoms with Gasteiger partial charge in [0.2, 0.25) is 5.88 Å². The van der Waals surface area contributed by atoms with Crippen molar-refractivity contribution in [2.75, 3.05) is 13.1 Å². The summed E-state index contributed by atoms with van der Waals surface area (Å²) in [6.45, 7) is 3.26. The second kappa shape index (κ2) is 8.29. The van der Waals surface area contributed by atoms with Crippen molar-refractivity contribution >= 4 is 22.7 Å². The Morgan fingerprint density at radius 2 is 1.86 bits per heavy atom. The third-order valence-electron chi connectivity index (χ3n) is 5.30. The maximum absolute atomic E-state index is 12.1. The largest absolute Gasteiger partial charge is 0.494 e. The van der Waals surface area contributed by atoms with E-state index in [-0.39, 0.29) is 5.88 Å². The number of nitrogens with zero attached hydrogens (tertiary/aromatic N) is 3. The molecule has 6 heteroatoms. The predicted octanol–water partition coefficient (Wildman–Crippen LogP) is 3.84. The number of aliphatic imine (C=N–C) groups is 1. The van der Waals surface area contributed by atoms with Crippen LogP contribution < -0.4 is 5.56 Å². The Balaban J connectivity index is 1.59. The molecular weight excluding hydrogens is 364 g/mol. The lowest BCUT2D eigenvalue weighted by atomic mass is 10.0. The number of nitrogens with one attached hydrogen (secondary N) is 1. The molecular formula is C23H22N4O2. The normalized spacial score (nSPS) is 15.0. The van der Waals surface area contributed by atoms with E-state index < -0.39 is 5.56 Å². The lowest BCUT2D eigenvalue weighted by molar-refractivity contribution is 0.221. The van der Waals surface area contributed by atoms with Gasteiger partial charge in [-0.1, -0.05) is 18.6 Å². The van der Waals surface area contributed by atoms with Crippen molar-refractivity contribution in [2.45, 2.75) is 25.8 Å². The molecule has 146 valence electrons. The first-order valence-electron chi connectivity index (χ1n) is 9.78. The molecule has 4 rings (SSSR count). The molecule has 0 spiro atoms. The highest BCUT2D eigenvalue weighted by Gasteiger charge is 2.11. The summed E-state index contributed by atoms with van der Waals surface area (Å²) in [4.78, 5) is 21.4. The van der Waals surface area contributed by atoms with Crippen molar-refractivity contribution < 1.29 is 5.11 Å². The van der Waals surface area contributed by atoms with E-state index in [0.29, 0.717) is 21.9 Å². The van der Waals surface area contributed by atoms with E-state index >= 15 is 0 Å². The van der Waals surface area contributed by atoms with E-state index in [2.05, 4.69) is 33.1 Å². The molecule has 2 heterocycles. The average Bonchev–Trinajstić information content (AvgIpc) is 2.75. The standard InChI is InChI=1S/C23H22N4O2/c24-13-17-6-9-19-20(12-17)21(23(29)26-22(19)28)14-25-18-7-4-16(5-8-18)15-27-10-2-1-3-11-27/h4-9,12,14H,1-3,10-11,15H2,(H2,26,28,29). The monoisotopic (exact) mass is 386 g/mol. The van der Waals surface area contributed by atoms with Crippen LogP contribution in [0.15, 0.2) is 52.3 Å².